The van der Waals surface area contributed by atoms with Gasteiger partial charge in [0.25, 0.3) is 0 Å². The highest BCUT2D eigenvalue weighted by Gasteiger charge is 2.11. The van der Waals surface area contributed by atoms with Crippen LogP contribution in [0.25, 0.3) is 33.8 Å². The first-order valence-electron chi connectivity index (χ1n) is 10.3. The molecule has 0 saturated carbocycles. The molecule has 5 rings (SSSR count). The van der Waals surface area contributed by atoms with Gasteiger partial charge in [0.2, 0.25) is 5.88 Å². The minimum Gasteiger partial charge on any atom is -0.439 e. The minimum absolute atomic E-state index is 0.504. The summed E-state index contributed by atoms with van der Waals surface area (Å²) in [5.41, 5.74) is 5.06. The average Bonchev–Trinajstić information content (AvgIpc) is 2.86. The summed E-state index contributed by atoms with van der Waals surface area (Å²) in [7, 11) is 0. The van der Waals surface area contributed by atoms with Crippen molar-refractivity contribution >= 4 is 15.9 Å². The lowest BCUT2D eigenvalue weighted by atomic mass is 10.1. The Hall–Kier alpha value is -3.76. The van der Waals surface area contributed by atoms with Crippen molar-refractivity contribution in [2.45, 2.75) is 0 Å². The van der Waals surface area contributed by atoms with E-state index in [0.29, 0.717) is 11.7 Å². The van der Waals surface area contributed by atoms with Crippen molar-refractivity contribution in [3.8, 4) is 45.4 Å². The summed E-state index contributed by atoms with van der Waals surface area (Å²) in [6, 6.07) is 38.2. The van der Waals surface area contributed by atoms with Gasteiger partial charge in [-0.25, -0.2) is 4.98 Å². The maximum atomic E-state index is 6.16. The summed E-state index contributed by atoms with van der Waals surface area (Å²) < 4.78 is 7.17. The molecule has 0 fully saturated rings. The Balaban J connectivity index is 1.50. The van der Waals surface area contributed by atoms with Crippen LogP contribution in [0.3, 0.4) is 0 Å². The number of ether oxygens (including phenoxy) is 1. The molecule has 0 aliphatic carbocycles. The lowest BCUT2D eigenvalue weighted by Gasteiger charge is -2.11. The molecule has 0 aliphatic heterocycles. The van der Waals surface area contributed by atoms with Crippen molar-refractivity contribution in [2.24, 2.45) is 0 Å². The van der Waals surface area contributed by atoms with Gasteiger partial charge in [0.05, 0.1) is 5.69 Å². The van der Waals surface area contributed by atoms with Gasteiger partial charge in [-0.3, -0.25) is 0 Å². The SMILES string of the molecule is Brc1ccc(-c2nc(Oc3ccc(-c4ccccc4)cc3)cc(-c3ccccc3)n2)cc1. The van der Waals surface area contributed by atoms with Crippen LogP contribution in [0.4, 0.5) is 0 Å². The Morgan fingerprint density at radius 1 is 0.531 bits per heavy atom. The lowest BCUT2D eigenvalue weighted by molar-refractivity contribution is 0.463. The predicted octanol–water partition coefficient (Wildman–Crippen LogP) is 8.03. The zero-order valence-corrected chi connectivity index (χ0v) is 18.7. The molecule has 1 aromatic heterocycles. The summed E-state index contributed by atoms with van der Waals surface area (Å²) in [5.74, 6) is 1.85. The Bertz CT molecular complexity index is 1320. The molecule has 3 nitrogen and oxygen atoms in total. The average molecular weight is 479 g/mol. The van der Waals surface area contributed by atoms with E-state index < -0.39 is 0 Å². The first-order chi connectivity index (χ1) is 15.7. The van der Waals surface area contributed by atoms with Crippen molar-refractivity contribution in [2.75, 3.05) is 0 Å². The van der Waals surface area contributed by atoms with Gasteiger partial charge in [0.15, 0.2) is 5.82 Å². The number of hydrogen-bond acceptors (Lipinski definition) is 3. The highest BCUT2D eigenvalue weighted by atomic mass is 79.9. The number of nitrogens with zero attached hydrogens (tertiary/aromatic N) is 2. The molecule has 0 atom stereocenters. The van der Waals surface area contributed by atoms with E-state index in [1.54, 1.807) is 0 Å². The van der Waals surface area contributed by atoms with Crippen LogP contribution in [-0.2, 0) is 0 Å². The molecule has 0 unspecified atom stereocenters. The Morgan fingerprint density at radius 2 is 1.09 bits per heavy atom. The van der Waals surface area contributed by atoms with Crippen LogP contribution in [0, 0.1) is 0 Å². The second kappa shape index (κ2) is 9.16. The Morgan fingerprint density at radius 3 is 1.75 bits per heavy atom. The molecule has 1 heterocycles. The second-order valence-corrected chi connectivity index (χ2v) is 8.20. The first kappa shape index (κ1) is 20.2. The van der Waals surface area contributed by atoms with Crippen LogP contribution in [-0.4, -0.2) is 9.97 Å². The molecule has 0 N–H and O–H groups in total. The monoisotopic (exact) mass is 478 g/mol. The van der Waals surface area contributed by atoms with E-state index in [1.807, 2.05) is 91.0 Å². The molecular formula is C28H19BrN2O. The van der Waals surface area contributed by atoms with Gasteiger partial charge in [0, 0.05) is 21.7 Å². The molecule has 0 aliphatic rings. The fourth-order valence-corrected chi connectivity index (χ4v) is 3.69. The van der Waals surface area contributed by atoms with Gasteiger partial charge in [-0.2, -0.15) is 4.98 Å². The summed E-state index contributed by atoms with van der Waals surface area (Å²) in [6.45, 7) is 0. The van der Waals surface area contributed by atoms with E-state index in [1.165, 1.54) is 5.56 Å². The van der Waals surface area contributed by atoms with Gasteiger partial charge in [-0.15, -0.1) is 0 Å². The van der Waals surface area contributed by atoms with Crippen LogP contribution in [0.2, 0.25) is 0 Å². The number of halogens is 1. The van der Waals surface area contributed by atoms with E-state index >= 15 is 0 Å². The van der Waals surface area contributed by atoms with Gasteiger partial charge in [-0.1, -0.05) is 101 Å². The zero-order valence-electron chi connectivity index (χ0n) is 17.2. The number of hydrogen-bond donors (Lipinski definition) is 0. The highest BCUT2D eigenvalue weighted by Crippen LogP contribution is 2.30. The summed E-state index contributed by atoms with van der Waals surface area (Å²) in [5, 5.41) is 0. The number of aromatic nitrogens is 2. The first-order valence-corrected chi connectivity index (χ1v) is 11.1. The maximum absolute atomic E-state index is 6.16. The van der Waals surface area contributed by atoms with Crippen molar-refractivity contribution in [1.82, 2.24) is 9.97 Å². The molecule has 154 valence electrons. The summed E-state index contributed by atoms with van der Waals surface area (Å²) in [6.07, 6.45) is 0. The second-order valence-electron chi connectivity index (χ2n) is 7.28. The van der Waals surface area contributed by atoms with Crippen LogP contribution in [0.1, 0.15) is 0 Å². The molecule has 0 amide bonds. The smallest absolute Gasteiger partial charge is 0.223 e. The molecule has 4 aromatic carbocycles. The quantitative estimate of drug-likeness (QED) is 0.256. The molecule has 4 heteroatoms. The lowest BCUT2D eigenvalue weighted by Crippen LogP contribution is -1.96. The molecular weight excluding hydrogens is 460 g/mol. The van der Waals surface area contributed by atoms with E-state index in [-0.39, 0.29) is 0 Å². The normalized spacial score (nSPS) is 10.7. The molecule has 0 bridgehead atoms. The van der Waals surface area contributed by atoms with E-state index in [2.05, 4.69) is 45.2 Å². The fraction of sp³-hybridized carbons (Fsp3) is 0. The summed E-state index contributed by atoms with van der Waals surface area (Å²) in [4.78, 5) is 9.48. The molecule has 5 aromatic rings. The third-order valence-electron chi connectivity index (χ3n) is 5.06. The van der Waals surface area contributed by atoms with Crippen molar-refractivity contribution in [1.29, 1.82) is 0 Å². The van der Waals surface area contributed by atoms with Crippen molar-refractivity contribution < 1.29 is 4.74 Å². The Labute approximate surface area is 195 Å². The van der Waals surface area contributed by atoms with Gasteiger partial charge in [0.1, 0.15) is 5.75 Å². The fourth-order valence-electron chi connectivity index (χ4n) is 3.43. The molecule has 0 saturated heterocycles. The predicted molar refractivity (Wildman–Crippen MR) is 133 cm³/mol. The van der Waals surface area contributed by atoms with E-state index in [9.17, 15) is 0 Å². The minimum atomic E-state index is 0.504. The van der Waals surface area contributed by atoms with Crippen molar-refractivity contribution in [3.05, 3.63) is 120 Å². The zero-order chi connectivity index (χ0) is 21.8. The maximum Gasteiger partial charge on any atom is 0.223 e. The van der Waals surface area contributed by atoms with Gasteiger partial charge < -0.3 is 4.74 Å². The van der Waals surface area contributed by atoms with E-state index in [4.69, 9.17) is 9.72 Å². The topological polar surface area (TPSA) is 35.0 Å². The number of rotatable bonds is 5. The van der Waals surface area contributed by atoms with E-state index in [0.717, 1.165) is 32.6 Å². The molecule has 32 heavy (non-hydrogen) atoms. The van der Waals surface area contributed by atoms with Crippen LogP contribution in [0.15, 0.2) is 120 Å². The summed E-state index contributed by atoms with van der Waals surface area (Å²) >= 11 is 3.49. The van der Waals surface area contributed by atoms with Crippen LogP contribution >= 0.6 is 15.9 Å². The highest BCUT2D eigenvalue weighted by molar-refractivity contribution is 9.10. The third kappa shape index (κ3) is 4.61. The van der Waals surface area contributed by atoms with Crippen molar-refractivity contribution in [3.63, 3.8) is 0 Å². The van der Waals surface area contributed by atoms with Crippen LogP contribution < -0.4 is 4.74 Å². The largest absolute Gasteiger partial charge is 0.439 e. The van der Waals surface area contributed by atoms with Gasteiger partial charge >= 0.3 is 0 Å². The van der Waals surface area contributed by atoms with Gasteiger partial charge in [-0.05, 0) is 35.4 Å². The molecule has 0 radical (unpaired) electrons. The third-order valence-corrected chi connectivity index (χ3v) is 5.59. The van der Waals surface area contributed by atoms with Crippen LogP contribution in [0.5, 0.6) is 11.6 Å². The number of benzene rings is 4. The Kier molecular flexibility index (Phi) is 5.77. The molecule has 0 spiro atoms. The standard InChI is InChI=1S/C28H19BrN2O/c29-24-15-11-23(12-16-24)28-30-26(22-9-5-2-6-10-22)19-27(31-28)32-25-17-13-21(14-18-25)20-7-3-1-4-8-20/h1-19H.